The average molecular weight is 389 g/mol. The number of halogens is 6. The molecule has 0 bridgehead atoms. The molecule has 0 aliphatic carbocycles. The molecule has 1 atom stereocenters. The lowest BCUT2D eigenvalue weighted by Gasteiger charge is -2.36. The predicted molar refractivity (Wildman–Crippen MR) is 92.5 cm³/mol. The SMILES string of the molecule is C=CCC[C@@H](c1cc(F)ccc1C(F)(F)F)N1CCNCC1.Cl.Cl. The fourth-order valence-electron chi connectivity index (χ4n) is 2.87. The zero-order valence-corrected chi connectivity index (χ0v) is 14.7. The first kappa shape index (κ1) is 23.2. The summed E-state index contributed by atoms with van der Waals surface area (Å²) in [6.45, 7) is 6.38. The molecule has 1 aromatic carbocycles. The van der Waals surface area contributed by atoms with Crippen LogP contribution >= 0.6 is 24.8 Å². The topological polar surface area (TPSA) is 15.3 Å². The highest BCUT2D eigenvalue weighted by Gasteiger charge is 2.36. The van der Waals surface area contributed by atoms with Crippen LogP contribution in [0.1, 0.15) is 30.0 Å². The molecule has 1 fully saturated rings. The van der Waals surface area contributed by atoms with Crippen LogP contribution in [-0.2, 0) is 6.18 Å². The van der Waals surface area contributed by atoms with Crippen molar-refractivity contribution < 1.29 is 17.6 Å². The zero-order chi connectivity index (χ0) is 16.2. The van der Waals surface area contributed by atoms with Gasteiger partial charge >= 0.3 is 6.18 Å². The standard InChI is InChI=1S/C16H20F4N2.2ClH/c1-2-3-4-15(22-9-7-21-8-10-22)13-11-12(17)5-6-14(13)16(18,19)20;;/h2,5-6,11,15,21H,1,3-4,7-10H2;2*1H/t15-;;/m0../s1. The smallest absolute Gasteiger partial charge is 0.314 e. The molecule has 0 saturated carbocycles. The van der Waals surface area contributed by atoms with E-state index >= 15 is 0 Å². The maximum absolute atomic E-state index is 13.6. The van der Waals surface area contributed by atoms with Gasteiger partial charge in [0.25, 0.3) is 0 Å². The van der Waals surface area contributed by atoms with Gasteiger partial charge in [0.1, 0.15) is 5.82 Å². The van der Waals surface area contributed by atoms with E-state index in [0.29, 0.717) is 25.9 Å². The second-order valence-electron chi connectivity index (χ2n) is 5.40. The van der Waals surface area contributed by atoms with Crippen LogP contribution in [0, 0.1) is 5.82 Å². The maximum Gasteiger partial charge on any atom is 0.416 e. The Labute approximate surface area is 152 Å². The number of rotatable bonds is 5. The van der Waals surface area contributed by atoms with Crippen molar-refractivity contribution in [1.29, 1.82) is 0 Å². The average Bonchev–Trinajstić information content (AvgIpc) is 2.47. The van der Waals surface area contributed by atoms with Crippen LogP contribution in [0.2, 0.25) is 0 Å². The summed E-state index contributed by atoms with van der Waals surface area (Å²) in [5.41, 5.74) is -0.724. The largest absolute Gasteiger partial charge is 0.416 e. The molecular weight excluding hydrogens is 367 g/mol. The summed E-state index contributed by atoms with van der Waals surface area (Å²) in [4.78, 5) is 1.99. The normalized spacial score (nSPS) is 16.7. The Bertz CT molecular complexity index is 517. The molecule has 138 valence electrons. The number of hydrogen-bond donors (Lipinski definition) is 1. The number of alkyl halides is 3. The quantitative estimate of drug-likeness (QED) is 0.585. The van der Waals surface area contributed by atoms with Gasteiger partial charge < -0.3 is 5.32 Å². The van der Waals surface area contributed by atoms with Crippen LogP contribution in [0.3, 0.4) is 0 Å². The van der Waals surface area contributed by atoms with Crippen molar-refractivity contribution in [1.82, 2.24) is 10.2 Å². The Kier molecular flexibility index (Phi) is 9.88. The molecule has 1 heterocycles. The zero-order valence-electron chi connectivity index (χ0n) is 13.1. The lowest BCUT2D eigenvalue weighted by Crippen LogP contribution is -2.45. The molecule has 0 radical (unpaired) electrons. The monoisotopic (exact) mass is 388 g/mol. The second-order valence-corrected chi connectivity index (χ2v) is 5.40. The molecule has 8 heteroatoms. The van der Waals surface area contributed by atoms with Gasteiger partial charge in [0, 0.05) is 32.2 Å². The summed E-state index contributed by atoms with van der Waals surface area (Å²) < 4.78 is 53.3. The molecule has 0 spiro atoms. The first-order valence-electron chi connectivity index (χ1n) is 7.36. The third kappa shape index (κ3) is 5.92. The molecule has 1 aliphatic heterocycles. The molecule has 0 unspecified atom stereocenters. The van der Waals surface area contributed by atoms with Gasteiger partial charge in [-0.1, -0.05) is 6.08 Å². The minimum Gasteiger partial charge on any atom is -0.314 e. The maximum atomic E-state index is 13.6. The highest BCUT2D eigenvalue weighted by molar-refractivity contribution is 5.85. The van der Waals surface area contributed by atoms with Gasteiger partial charge in [-0.3, -0.25) is 4.90 Å². The Morgan fingerprint density at radius 2 is 1.83 bits per heavy atom. The minimum absolute atomic E-state index is 0. The molecular formula is C16H22Cl2F4N2. The van der Waals surface area contributed by atoms with Crippen molar-refractivity contribution >= 4 is 24.8 Å². The highest BCUT2D eigenvalue weighted by atomic mass is 35.5. The van der Waals surface area contributed by atoms with E-state index in [1.807, 2.05) is 4.90 Å². The van der Waals surface area contributed by atoms with Gasteiger partial charge in [-0.2, -0.15) is 13.2 Å². The van der Waals surface area contributed by atoms with E-state index in [4.69, 9.17) is 0 Å². The van der Waals surface area contributed by atoms with E-state index in [1.165, 1.54) is 0 Å². The number of allylic oxidation sites excluding steroid dienone is 1. The van der Waals surface area contributed by atoms with Crippen LogP contribution in [0.25, 0.3) is 0 Å². The van der Waals surface area contributed by atoms with E-state index in [1.54, 1.807) is 6.08 Å². The number of nitrogens with zero attached hydrogens (tertiary/aromatic N) is 1. The summed E-state index contributed by atoms with van der Waals surface area (Å²) >= 11 is 0. The molecule has 1 aromatic rings. The third-order valence-electron chi connectivity index (χ3n) is 3.91. The van der Waals surface area contributed by atoms with Crippen LogP contribution in [0.15, 0.2) is 30.9 Å². The fraction of sp³-hybridized carbons (Fsp3) is 0.500. The summed E-state index contributed by atoms with van der Waals surface area (Å²) in [6.07, 6.45) is -1.72. The van der Waals surface area contributed by atoms with E-state index < -0.39 is 23.6 Å². The lowest BCUT2D eigenvalue weighted by atomic mass is 9.94. The molecule has 0 aromatic heterocycles. The first-order chi connectivity index (χ1) is 10.4. The molecule has 1 N–H and O–H groups in total. The van der Waals surface area contributed by atoms with Gasteiger partial charge in [0.2, 0.25) is 0 Å². The van der Waals surface area contributed by atoms with Crippen LogP contribution in [0.4, 0.5) is 17.6 Å². The van der Waals surface area contributed by atoms with Crippen molar-refractivity contribution in [3.05, 3.63) is 47.8 Å². The Balaban J connectivity index is 0.00000264. The van der Waals surface area contributed by atoms with Crippen LogP contribution in [-0.4, -0.2) is 31.1 Å². The lowest BCUT2D eigenvalue weighted by molar-refractivity contribution is -0.138. The summed E-state index contributed by atoms with van der Waals surface area (Å²) in [5, 5.41) is 3.18. The van der Waals surface area contributed by atoms with E-state index in [-0.39, 0.29) is 30.4 Å². The van der Waals surface area contributed by atoms with Gasteiger partial charge in [-0.05, 0) is 36.6 Å². The molecule has 0 amide bonds. The van der Waals surface area contributed by atoms with Gasteiger partial charge in [-0.15, -0.1) is 31.4 Å². The van der Waals surface area contributed by atoms with Crippen molar-refractivity contribution in [2.45, 2.75) is 25.1 Å². The summed E-state index contributed by atoms with van der Waals surface area (Å²) in [6, 6.07) is 2.29. The van der Waals surface area contributed by atoms with Crippen LogP contribution < -0.4 is 5.32 Å². The van der Waals surface area contributed by atoms with Crippen molar-refractivity contribution in [3.8, 4) is 0 Å². The van der Waals surface area contributed by atoms with Gasteiger partial charge in [0.15, 0.2) is 0 Å². The number of nitrogens with one attached hydrogen (secondary N) is 1. The number of piperazine rings is 1. The molecule has 1 aliphatic rings. The minimum atomic E-state index is -4.48. The predicted octanol–water partition coefficient (Wildman–Crippen LogP) is 4.60. The highest BCUT2D eigenvalue weighted by Crippen LogP contribution is 2.38. The third-order valence-corrected chi connectivity index (χ3v) is 3.91. The van der Waals surface area contributed by atoms with Crippen molar-refractivity contribution in [2.75, 3.05) is 26.2 Å². The molecule has 1 saturated heterocycles. The van der Waals surface area contributed by atoms with Gasteiger partial charge in [0.05, 0.1) is 5.56 Å². The van der Waals surface area contributed by atoms with E-state index in [0.717, 1.165) is 31.3 Å². The first-order valence-corrected chi connectivity index (χ1v) is 7.36. The number of benzene rings is 1. The molecule has 2 rings (SSSR count). The molecule has 2 nitrogen and oxygen atoms in total. The number of hydrogen-bond acceptors (Lipinski definition) is 2. The summed E-state index contributed by atoms with van der Waals surface area (Å²) in [7, 11) is 0. The Morgan fingerprint density at radius 1 is 1.21 bits per heavy atom. The Morgan fingerprint density at radius 3 is 2.38 bits per heavy atom. The molecule has 24 heavy (non-hydrogen) atoms. The van der Waals surface area contributed by atoms with Gasteiger partial charge in [-0.25, -0.2) is 4.39 Å². The van der Waals surface area contributed by atoms with E-state index in [2.05, 4.69) is 11.9 Å². The van der Waals surface area contributed by atoms with Crippen molar-refractivity contribution in [2.24, 2.45) is 0 Å². The van der Waals surface area contributed by atoms with E-state index in [9.17, 15) is 17.6 Å². The second kappa shape index (κ2) is 10.2. The fourth-order valence-corrected chi connectivity index (χ4v) is 2.87. The summed E-state index contributed by atoms with van der Waals surface area (Å²) in [5.74, 6) is -0.637. The van der Waals surface area contributed by atoms with Crippen LogP contribution in [0.5, 0.6) is 0 Å². The Hall–Kier alpha value is -0.820. The van der Waals surface area contributed by atoms with Crippen molar-refractivity contribution in [3.63, 3.8) is 0 Å².